The normalized spacial score (nSPS) is 30.3. The molecule has 0 spiro atoms. The fourth-order valence-corrected chi connectivity index (χ4v) is 8.95. The highest BCUT2D eigenvalue weighted by atomic mass is 32.2. The van der Waals surface area contributed by atoms with Crippen molar-refractivity contribution >= 4 is 31.5 Å². The number of amides is 2. The summed E-state index contributed by atoms with van der Waals surface area (Å²) < 4.78 is 53.1. The Kier molecular flexibility index (Phi) is 13.1. The third-order valence-electron chi connectivity index (χ3n) is 8.50. The van der Waals surface area contributed by atoms with Crippen LogP contribution in [0.3, 0.4) is 0 Å². The Morgan fingerprint density at radius 3 is 1.70 bits per heavy atom. The van der Waals surface area contributed by atoms with Crippen LogP contribution in [0.2, 0.25) is 0 Å². The zero-order chi connectivity index (χ0) is 29.2. The maximum absolute atomic E-state index is 12.4. The lowest BCUT2D eigenvalue weighted by Crippen LogP contribution is -2.48. The van der Waals surface area contributed by atoms with E-state index >= 15 is 0 Å². The van der Waals surface area contributed by atoms with Crippen molar-refractivity contribution < 1.29 is 31.2 Å². The summed E-state index contributed by atoms with van der Waals surface area (Å²) in [7, 11) is -2.99. The zero-order valence-electron chi connectivity index (χ0n) is 24.3. The quantitative estimate of drug-likeness (QED) is 0.416. The molecular formula is C27H50N4O7S2. The predicted octanol–water partition coefficient (Wildman–Crippen LogP) is 0.592. The molecule has 4 fully saturated rings. The topological polar surface area (TPSA) is 142 Å². The van der Waals surface area contributed by atoms with Gasteiger partial charge in [-0.2, -0.15) is 0 Å². The molecule has 3 aliphatic heterocycles. The number of likely N-dealkylation sites (N-methyl/N-ethyl adjacent to an activating group) is 2. The van der Waals surface area contributed by atoms with E-state index < -0.39 is 31.8 Å². The van der Waals surface area contributed by atoms with Gasteiger partial charge in [-0.1, -0.05) is 38.5 Å². The van der Waals surface area contributed by atoms with Crippen molar-refractivity contribution in [2.75, 3.05) is 69.9 Å². The van der Waals surface area contributed by atoms with Gasteiger partial charge < -0.3 is 25.2 Å². The molecule has 1 aliphatic carbocycles. The Morgan fingerprint density at radius 2 is 1.18 bits per heavy atom. The van der Waals surface area contributed by atoms with Crippen molar-refractivity contribution in [3.8, 4) is 0 Å². The predicted molar refractivity (Wildman–Crippen MR) is 156 cm³/mol. The first-order chi connectivity index (χ1) is 19.0. The summed E-state index contributed by atoms with van der Waals surface area (Å²) in [6.45, 7) is 2.61. The van der Waals surface area contributed by atoms with Gasteiger partial charge in [0, 0.05) is 32.8 Å². The van der Waals surface area contributed by atoms with Gasteiger partial charge in [0.2, 0.25) is 11.8 Å². The Hall–Kier alpha value is -1.28. The minimum absolute atomic E-state index is 0.0414. The standard InChI is InChI=1S/C14H26N2O3S.C13H24N2O4S/c1-15-13-11-20(18,19)9-8-16(14(13)17)10-12-6-4-2-3-5-7-12;1-14-12-10-20(17,18)8-6-15(13(12)16)9-11-5-3-2-4-7-19-11/h12-13,15H,2-11H2,1H3;11-12,14H,2-10H2,1H3. The van der Waals surface area contributed by atoms with Crippen LogP contribution in [0.5, 0.6) is 0 Å². The number of hydrogen-bond donors (Lipinski definition) is 2. The van der Waals surface area contributed by atoms with Crippen LogP contribution < -0.4 is 10.6 Å². The smallest absolute Gasteiger partial charge is 0.240 e. The van der Waals surface area contributed by atoms with Gasteiger partial charge in [-0.15, -0.1) is 0 Å². The Labute approximate surface area is 241 Å². The van der Waals surface area contributed by atoms with E-state index in [0.29, 0.717) is 19.0 Å². The second-order valence-electron chi connectivity index (χ2n) is 11.7. The molecule has 0 aromatic heterocycles. The molecule has 40 heavy (non-hydrogen) atoms. The van der Waals surface area contributed by atoms with Gasteiger partial charge in [0.05, 0.1) is 29.1 Å². The summed E-state index contributed by atoms with van der Waals surface area (Å²) in [6.07, 6.45) is 11.7. The van der Waals surface area contributed by atoms with E-state index in [2.05, 4.69) is 10.6 Å². The number of ether oxygens (including phenoxy) is 1. The van der Waals surface area contributed by atoms with Gasteiger partial charge >= 0.3 is 0 Å². The summed E-state index contributed by atoms with van der Waals surface area (Å²) in [5.41, 5.74) is 0. The molecule has 13 heteroatoms. The van der Waals surface area contributed by atoms with Crippen molar-refractivity contribution in [3.63, 3.8) is 0 Å². The van der Waals surface area contributed by atoms with Gasteiger partial charge in [-0.3, -0.25) is 9.59 Å². The van der Waals surface area contributed by atoms with E-state index in [4.69, 9.17) is 4.74 Å². The summed E-state index contributed by atoms with van der Waals surface area (Å²) in [5, 5.41) is 5.68. The number of carbonyl (C=O) groups is 2. The van der Waals surface area contributed by atoms with Crippen LogP contribution in [0.25, 0.3) is 0 Å². The lowest BCUT2D eigenvalue weighted by Gasteiger charge is -2.27. The number of sulfone groups is 2. The van der Waals surface area contributed by atoms with E-state index in [9.17, 15) is 26.4 Å². The number of nitrogens with one attached hydrogen (secondary N) is 2. The minimum atomic E-state index is -3.16. The van der Waals surface area contributed by atoms with Crippen LogP contribution >= 0.6 is 0 Å². The van der Waals surface area contributed by atoms with Crippen molar-refractivity contribution in [1.29, 1.82) is 0 Å². The maximum atomic E-state index is 12.4. The first kappa shape index (κ1) is 33.2. The number of rotatable bonds is 6. The van der Waals surface area contributed by atoms with E-state index in [1.165, 1.54) is 38.5 Å². The molecule has 2 amide bonds. The van der Waals surface area contributed by atoms with E-state index in [1.807, 2.05) is 0 Å². The van der Waals surface area contributed by atoms with Crippen molar-refractivity contribution in [2.45, 2.75) is 82.4 Å². The van der Waals surface area contributed by atoms with Gasteiger partial charge in [-0.05, 0) is 45.7 Å². The van der Waals surface area contributed by atoms with Crippen molar-refractivity contribution in [3.05, 3.63) is 0 Å². The zero-order valence-corrected chi connectivity index (χ0v) is 25.9. The molecule has 0 aromatic rings. The first-order valence-electron chi connectivity index (χ1n) is 15.0. The molecule has 0 bridgehead atoms. The van der Waals surface area contributed by atoms with E-state index in [1.54, 1.807) is 23.9 Å². The molecule has 0 radical (unpaired) electrons. The SMILES string of the molecule is CNC1CS(=O)(=O)CCN(CC2CCCCCC2)C1=O.CNC1CS(=O)(=O)CCN(CC2CCCCCO2)C1=O. The number of hydrogen-bond acceptors (Lipinski definition) is 9. The summed E-state index contributed by atoms with van der Waals surface area (Å²) in [5.74, 6) is 0.347. The van der Waals surface area contributed by atoms with Gasteiger partial charge in [0.15, 0.2) is 19.7 Å². The van der Waals surface area contributed by atoms with Gasteiger partial charge in [0.1, 0.15) is 12.1 Å². The minimum Gasteiger partial charge on any atom is -0.376 e. The molecule has 3 unspecified atom stereocenters. The third-order valence-corrected chi connectivity index (χ3v) is 11.8. The van der Waals surface area contributed by atoms with Gasteiger partial charge in [-0.25, -0.2) is 16.8 Å². The largest absolute Gasteiger partial charge is 0.376 e. The summed E-state index contributed by atoms with van der Waals surface area (Å²) in [4.78, 5) is 28.2. The van der Waals surface area contributed by atoms with Crippen molar-refractivity contribution in [1.82, 2.24) is 20.4 Å². The molecule has 4 aliphatic rings. The number of carbonyl (C=O) groups excluding carboxylic acids is 2. The highest BCUT2D eigenvalue weighted by Gasteiger charge is 2.35. The van der Waals surface area contributed by atoms with E-state index in [0.717, 1.165) is 38.8 Å². The fourth-order valence-electron chi connectivity index (χ4n) is 5.99. The lowest BCUT2D eigenvalue weighted by molar-refractivity contribution is -0.134. The van der Waals surface area contributed by atoms with Crippen molar-refractivity contribution in [2.24, 2.45) is 5.92 Å². The van der Waals surface area contributed by atoms with Crippen LogP contribution in [-0.4, -0.2) is 127 Å². The Bertz CT molecular complexity index is 939. The molecule has 2 N–H and O–H groups in total. The first-order valence-corrected chi connectivity index (χ1v) is 18.6. The average molecular weight is 607 g/mol. The molecule has 3 atom stereocenters. The van der Waals surface area contributed by atoms with Crippen LogP contribution in [0, 0.1) is 5.92 Å². The molecule has 0 aromatic carbocycles. The maximum Gasteiger partial charge on any atom is 0.240 e. The average Bonchev–Trinajstić information content (AvgIpc) is 3.41. The highest BCUT2D eigenvalue weighted by molar-refractivity contribution is 7.91. The molecule has 1 saturated carbocycles. The summed E-state index contributed by atoms with van der Waals surface area (Å²) >= 11 is 0. The van der Waals surface area contributed by atoms with Crippen LogP contribution in [-0.2, 0) is 34.0 Å². The van der Waals surface area contributed by atoms with E-state index in [-0.39, 0.29) is 47.5 Å². The van der Waals surface area contributed by atoms with Crippen LogP contribution in [0.4, 0.5) is 0 Å². The Morgan fingerprint density at radius 1 is 0.700 bits per heavy atom. The molecule has 3 saturated heterocycles. The monoisotopic (exact) mass is 606 g/mol. The third kappa shape index (κ3) is 10.5. The molecule has 11 nitrogen and oxygen atoms in total. The molecular weight excluding hydrogens is 556 g/mol. The Balaban J connectivity index is 0.000000220. The number of nitrogens with zero attached hydrogens (tertiary/aromatic N) is 2. The molecule has 3 heterocycles. The molecule has 232 valence electrons. The van der Waals surface area contributed by atoms with Gasteiger partial charge in [0.25, 0.3) is 0 Å². The van der Waals surface area contributed by atoms with Crippen LogP contribution in [0.1, 0.15) is 64.2 Å². The fraction of sp³-hybridized carbons (Fsp3) is 0.926. The second-order valence-corrected chi connectivity index (χ2v) is 16.1. The highest BCUT2D eigenvalue weighted by Crippen LogP contribution is 2.24. The van der Waals surface area contributed by atoms with Crippen LogP contribution in [0.15, 0.2) is 0 Å². The summed E-state index contributed by atoms with van der Waals surface area (Å²) in [6, 6.07) is -1.21. The lowest BCUT2D eigenvalue weighted by atomic mass is 9.99. The molecule has 4 rings (SSSR count). The second kappa shape index (κ2) is 15.8.